The molecule has 2 aromatic carbocycles. The van der Waals surface area contributed by atoms with Crippen molar-refractivity contribution in [2.45, 2.75) is 32.6 Å². The van der Waals surface area contributed by atoms with Crippen molar-refractivity contribution in [1.29, 1.82) is 0 Å². The Morgan fingerprint density at radius 3 is 2.86 bits per heavy atom. The maximum absolute atomic E-state index is 11.9. The highest BCUT2D eigenvalue weighted by Gasteiger charge is 2.21. The number of aryl methyl sites for hydroxylation is 1. The van der Waals surface area contributed by atoms with Gasteiger partial charge in [-0.15, -0.1) is 0 Å². The summed E-state index contributed by atoms with van der Waals surface area (Å²) < 4.78 is 5.67. The first-order valence-electron chi connectivity index (χ1n) is 9.83. The molecular weight excluding hydrogens is 370 g/mol. The maximum atomic E-state index is 11.9. The second-order valence-electron chi connectivity index (χ2n) is 6.72. The van der Waals surface area contributed by atoms with E-state index in [2.05, 4.69) is 16.7 Å². The first-order valence-corrected chi connectivity index (χ1v) is 10.2. The van der Waals surface area contributed by atoms with Crippen LogP contribution in [0.2, 0.25) is 0 Å². The molecule has 0 aliphatic carbocycles. The zero-order valence-corrected chi connectivity index (χ0v) is 17.1. The molecule has 2 N–H and O–H groups in total. The highest BCUT2D eigenvalue weighted by molar-refractivity contribution is 7.80. The molecule has 148 valence electrons. The topological polar surface area (TPSA) is 53.6 Å². The minimum absolute atomic E-state index is 0.185. The molecule has 0 saturated carbocycles. The van der Waals surface area contributed by atoms with Crippen molar-refractivity contribution in [3.8, 4) is 5.75 Å². The van der Waals surface area contributed by atoms with Gasteiger partial charge in [0.05, 0.1) is 6.61 Å². The van der Waals surface area contributed by atoms with Crippen molar-refractivity contribution in [1.82, 2.24) is 5.32 Å². The lowest BCUT2D eigenvalue weighted by Crippen LogP contribution is -2.29. The van der Waals surface area contributed by atoms with Crippen molar-refractivity contribution < 1.29 is 9.53 Å². The largest absolute Gasteiger partial charge is 0.494 e. The van der Waals surface area contributed by atoms with Gasteiger partial charge in [-0.3, -0.25) is 4.79 Å². The molecule has 0 aromatic heterocycles. The first kappa shape index (κ1) is 20.1. The highest BCUT2D eigenvalue weighted by atomic mass is 32.1. The van der Waals surface area contributed by atoms with Gasteiger partial charge in [0.1, 0.15) is 5.75 Å². The first-order chi connectivity index (χ1) is 13.7. The van der Waals surface area contributed by atoms with Crippen LogP contribution in [-0.2, 0) is 11.2 Å². The lowest BCUT2D eigenvalue weighted by molar-refractivity contribution is -0.117. The summed E-state index contributed by atoms with van der Waals surface area (Å²) >= 11 is 5.41. The van der Waals surface area contributed by atoms with Gasteiger partial charge in [-0.05, 0) is 68.2 Å². The summed E-state index contributed by atoms with van der Waals surface area (Å²) in [6, 6.07) is 16.0. The number of hydrogen-bond donors (Lipinski definition) is 2. The van der Waals surface area contributed by atoms with E-state index in [1.54, 1.807) is 0 Å². The number of thiocarbonyl (C=S) groups is 1. The van der Waals surface area contributed by atoms with Crippen LogP contribution in [0.1, 0.15) is 31.7 Å². The number of amides is 1. The summed E-state index contributed by atoms with van der Waals surface area (Å²) in [6.07, 6.45) is 3.43. The third kappa shape index (κ3) is 5.45. The van der Waals surface area contributed by atoms with Gasteiger partial charge in [-0.25, -0.2) is 0 Å². The van der Waals surface area contributed by atoms with Crippen LogP contribution in [0, 0.1) is 0 Å². The fourth-order valence-electron chi connectivity index (χ4n) is 3.34. The lowest BCUT2D eigenvalue weighted by Gasteiger charge is -2.17. The molecule has 1 fully saturated rings. The molecular formula is C22H27N3O2S. The number of benzene rings is 2. The van der Waals surface area contributed by atoms with Gasteiger partial charge in [0.2, 0.25) is 5.91 Å². The van der Waals surface area contributed by atoms with Gasteiger partial charge in [-0.2, -0.15) is 0 Å². The summed E-state index contributed by atoms with van der Waals surface area (Å²) in [7, 11) is 0. The standard InChI is InChI=1S/C22H27N3O2S/c1-2-27-20-12-4-3-8-17(20)9-6-14-23-22(28)24-18-10-5-11-19(16-18)25-15-7-13-21(25)26/h3-5,8,10-12,16H,2,6-7,9,13-15H2,1H3,(H2,23,24,28). The Balaban J connectivity index is 1.45. The van der Waals surface area contributed by atoms with E-state index in [9.17, 15) is 4.79 Å². The van der Waals surface area contributed by atoms with Crippen LogP contribution < -0.4 is 20.3 Å². The third-order valence-electron chi connectivity index (χ3n) is 4.67. The molecule has 0 bridgehead atoms. The molecule has 1 heterocycles. The van der Waals surface area contributed by atoms with Gasteiger partial charge >= 0.3 is 0 Å². The molecule has 1 amide bonds. The number of carbonyl (C=O) groups excluding carboxylic acids is 1. The molecule has 6 heteroatoms. The smallest absolute Gasteiger partial charge is 0.227 e. The Hall–Kier alpha value is -2.60. The summed E-state index contributed by atoms with van der Waals surface area (Å²) in [6.45, 7) is 4.23. The lowest BCUT2D eigenvalue weighted by atomic mass is 10.1. The van der Waals surface area contributed by atoms with Crippen molar-refractivity contribution in [3.05, 3.63) is 54.1 Å². The molecule has 0 spiro atoms. The van der Waals surface area contributed by atoms with Crippen LogP contribution in [0.4, 0.5) is 11.4 Å². The van der Waals surface area contributed by atoms with Crippen LogP contribution in [0.5, 0.6) is 5.75 Å². The van der Waals surface area contributed by atoms with Crippen LogP contribution in [0.15, 0.2) is 48.5 Å². The molecule has 0 radical (unpaired) electrons. The van der Waals surface area contributed by atoms with Gasteiger partial charge in [0.15, 0.2) is 5.11 Å². The summed E-state index contributed by atoms with van der Waals surface area (Å²) in [4.78, 5) is 13.8. The minimum atomic E-state index is 0.185. The molecule has 3 rings (SSSR count). The molecule has 0 atom stereocenters. The van der Waals surface area contributed by atoms with E-state index in [1.165, 1.54) is 5.56 Å². The Morgan fingerprint density at radius 2 is 2.07 bits per heavy atom. The third-order valence-corrected chi connectivity index (χ3v) is 4.92. The number of nitrogens with one attached hydrogen (secondary N) is 2. The summed E-state index contributed by atoms with van der Waals surface area (Å²) in [5.41, 5.74) is 3.02. The molecule has 0 unspecified atom stereocenters. The van der Waals surface area contributed by atoms with E-state index in [0.29, 0.717) is 18.1 Å². The second kappa shape index (κ2) is 10.1. The van der Waals surface area contributed by atoms with Crippen molar-refractivity contribution in [3.63, 3.8) is 0 Å². The van der Waals surface area contributed by atoms with E-state index in [-0.39, 0.29) is 5.91 Å². The van der Waals surface area contributed by atoms with Crippen molar-refractivity contribution >= 4 is 34.6 Å². The number of rotatable bonds is 8. The van der Waals surface area contributed by atoms with Crippen LogP contribution in [0.25, 0.3) is 0 Å². The SMILES string of the molecule is CCOc1ccccc1CCCNC(=S)Nc1cccc(N2CCCC2=O)c1. The summed E-state index contributed by atoms with van der Waals surface area (Å²) in [5, 5.41) is 7.04. The molecule has 2 aromatic rings. The Labute approximate surface area is 172 Å². The molecule has 1 aliphatic rings. The Morgan fingerprint density at radius 1 is 1.21 bits per heavy atom. The summed E-state index contributed by atoms with van der Waals surface area (Å²) in [5.74, 6) is 1.14. The number of carbonyl (C=O) groups is 1. The normalized spacial score (nSPS) is 13.5. The predicted molar refractivity (Wildman–Crippen MR) is 118 cm³/mol. The number of nitrogens with zero attached hydrogens (tertiary/aromatic N) is 1. The average Bonchev–Trinajstić information content (AvgIpc) is 3.13. The number of ether oxygens (including phenoxy) is 1. The van der Waals surface area contributed by atoms with E-state index >= 15 is 0 Å². The van der Waals surface area contributed by atoms with Gasteiger partial charge in [0.25, 0.3) is 0 Å². The monoisotopic (exact) mass is 397 g/mol. The van der Waals surface area contributed by atoms with Crippen molar-refractivity contribution in [2.75, 3.05) is 29.9 Å². The second-order valence-corrected chi connectivity index (χ2v) is 7.13. The van der Waals surface area contributed by atoms with E-state index in [0.717, 1.165) is 49.5 Å². The molecule has 1 aliphatic heterocycles. The fraction of sp³-hybridized carbons (Fsp3) is 0.364. The fourth-order valence-corrected chi connectivity index (χ4v) is 3.56. The maximum Gasteiger partial charge on any atom is 0.227 e. The zero-order chi connectivity index (χ0) is 19.8. The van der Waals surface area contributed by atoms with Gasteiger partial charge < -0.3 is 20.3 Å². The van der Waals surface area contributed by atoms with Crippen LogP contribution in [0.3, 0.4) is 0 Å². The van der Waals surface area contributed by atoms with E-state index in [4.69, 9.17) is 17.0 Å². The van der Waals surface area contributed by atoms with E-state index in [1.807, 2.05) is 54.3 Å². The van der Waals surface area contributed by atoms with Gasteiger partial charge in [-0.1, -0.05) is 24.3 Å². The van der Waals surface area contributed by atoms with E-state index < -0.39 is 0 Å². The molecule has 5 nitrogen and oxygen atoms in total. The molecule has 1 saturated heterocycles. The number of para-hydroxylation sites is 1. The van der Waals surface area contributed by atoms with Crippen LogP contribution in [-0.4, -0.2) is 30.7 Å². The van der Waals surface area contributed by atoms with Crippen LogP contribution >= 0.6 is 12.2 Å². The minimum Gasteiger partial charge on any atom is -0.494 e. The molecule has 28 heavy (non-hydrogen) atoms. The van der Waals surface area contributed by atoms with Gasteiger partial charge in [0, 0.05) is 30.9 Å². The van der Waals surface area contributed by atoms with Crippen molar-refractivity contribution in [2.24, 2.45) is 0 Å². The zero-order valence-electron chi connectivity index (χ0n) is 16.2. The Bertz CT molecular complexity index is 825. The quantitative estimate of drug-likeness (QED) is 0.518. The predicted octanol–water partition coefficient (Wildman–Crippen LogP) is 4.13. The number of anilines is 2. The highest BCUT2D eigenvalue weighted by Crippen LogP contribution is 2.24. The average molecular weight is 398 g/mol. The Kier molecular flexibility index (Phi) is 7.25. The number of hydrogen-bond acceptors (Lipinski definition) is 3.